The monoisotopic (exact) mass is 249 g/mol. The van der Waals surface area contributed by atoms with Gasteiger partial charge in [0.15, 0.2) is 0 Å². The van der Waals surface area contributed by atoms with Crippen LogP contribution in [-0.2, 0) is 0 Å². The number of rotatable bonds is 2. The lowest BCUT2D eigenvalue weighted by molar-refractivity contribution is 1.19. The van der Waals surface area contributed by atoms with Gasteiger partial charge in [-0.1, -0.05) is 24.3 Å². The molecular weight excluding hydrogens is 234 g/mol. The molecule has 0 spiro atoms. The molecule has 2 heterocycles. The van der Waals surface area contributed by atoms with E-state index in [0.29, 0.717) is 0 Å². The molecular formula is C16H15N3. The number of fused-ring (bicyclic) bond motifs is 1. The highest BCUT2D eigenvalue weighted by Gasteiger charge is 2.03. The van der Waals surface area contributed by atoms with Crippen LogP contribution in [0.4, 0.5) is 11.6 Å². The van der Waals surface area contributed by atoms with Crippen LogP contribution in [0.1, 0.15) is 11.3 Å². The summed E-state index contributed by atoms with van der Waals surface area (Å²) in [7, 11) is 0. The van der Waals surface area contributed by atoms with E-state index in [2.05, 4.69) is 28.3 Å². The molecule has 2 aromatic heterocycles. The summed E-state index contributed by atoms with van der Waals surface area (Å²) in [5, 5.41) is 4.44. The van der Waals surface area contributed by atoms with Crippen molar-refractivity contribution in [1.82, 2.24) is 9.97 Å². The van der Waals surface area contributed by atoms with Crippen LogP contribution in [0.2, 0.25) is 0 Å². The van der Waals surface area contributed by atoms with Crippen molar-refractivity contribution in [2.45, 2.75) is 13.8 Å². The van der Waals surface area contributed by atoms with Gasteiger partial charge in [-0.3, -0.25) is 0 Å². The van der Waals surface area contributed by atoms with E-state index >= 15 is 0 Å². The highest BCUT2D eigenvalue weighted by atomic mass is 15.1. The molecule has 0 saturated carbocycles. The van der Waals surface area contributed by atoms with Gasteiger partial charge in [-0.05, 0) is 43.7 Å². The van der Waals surface area contributed by atoms with Crippen molar-refractivity contribution in [3.05, 3.63) is 59.8 Å². The molecule has 3 aromatic rings. The van der Waals surface area contributed by atoms with Crippen LogP contribution in [0.15, 0.2) is 48.5 Å². The van der Waals surface area contributed by atoms with Gasteiger partial charge >= 0.3 is 0 Å². The van der Waals surface area contributed by atoms with Crippen molar-refractivity contribution < 1.29 is 0 Å². The summed E-state index contributed by atoms with van der Waals surface area (Å²) < 4.78 is 0. The van der Waals surface area contributed by atoms with E-state index in [0.717, 1.165) is 22.8 Å². The highest BCUT2D eigenvalue weighted by molar-refractivity contribution is 5.84. The molecule has 19 heavy (non-hydrogen) atoms. The largest absolute Gasteiger partial charge is 0.325 e. The quantitative estimate of drug-likeness (QED) is 0.746. The molecule has 0 atom stereocenters. The van der Waals surface area contributed by atoms with E-state index < -0.39 is 0 Å². The first-order valence-corrected chi connectivity index (χ1v) is 6.29. The van der Waals surface area contributed by atoms with E-state index in [1.807, 2.05) is 49.4 Å². The maximum atomic E-state index is 4.61. The molecule has 94 valence electrons. The molecule has 0 aliphatic rings. The number of hydrogen-bond acceptors (Lipinski definition) is 3. The minimum absolute atomic E-state index is 0.821. The van der Waals surface area contributed by atoms with Gasteiger partial charge in [0.05, 0.1) is 5.52 Å². The van der Waals surface area contributed by atoms with Gasteiger partial charge in [0.25, 0.3) is 0 Å². The molecule has 0 aliphatic carbocycles. The Labute approximate surface area is 112 Å². The Morgan fingerprint density at radius 3 is 2.53 bits per heavy atom. The van der Waals surface area contributed by atoms with Crippen LogP contribution in [0.5, 0.6) is 0 Å². The highest BCUT2D eigenvalue weighted by Crippen LogP contribution is 2.21. The minimum Gasteiger partial charge on any atom is -0.325 e. The van der Waals surface area contributed by atoms with Gasteiger partial charge in [-0.25, -0.2) is 9.97 Å². The predicted octanol–water partition coefficient (Wildman–Crippen LogP) is 3.99. The number of aromatic nitrogens is 2. The van der Waals surface area contributed by atoms with E-state index in [1.54, 1.807) is 0 Å². The molecule has 0 unspecified atom stereocenters. The zero-order valence-corrected chi connectivity index (χ0v) is 11.0. The summed E-state index contributed by atoms with van der Waals surface area (Å²) in [5.41, 5.74) is 3.20. The van der Waals surface area contributed by atoms with E-state index in [4.69, 9.17) is 0 Å². The lowest BCUT2D eigenvalue weighted by atomic mass is 10.1. The van der Waals surface area contributed by atoms with Crippen molar-refractivity contribution >= 4 is 22.5 Å². The Hall–Kier alpha value is -2.42. The third-order valence-electron chi connectivity index (χ3n) is 3.07. The first kappa shape index (κ1) is 11.7. The maximum absolute atomic E-state index is 4.61. The second-order valence-electron chi connectivity index (χ2n) is 4.63. The molecule has 3 heteroatoms. The van der Waals surface area contributed by atoms with Crippen molar-refractivity contribution in [2.24, 2.45) is 0 Å². The van der Waals surface area contributed by atoms with Crippen LogP contribution in [-0.4, -0.2) is 9.97 Å². The summed E-state index contributed by atoms with van der Waals surface area (Å²) in [4.78, 5) is 9.04. The molecule has 0 saturated heterocycles. The van der Waals surface area contributed by atoms with Crippen molar-refractivity contribution in [2.75, 3.05) is 5.32 Å². The van der Waals surface area contributed by atoms with Crippen LogP contribution in [0.25, 0.3) is 10.9 Å². The van der Waals surface area contributed by atoms with Gasteiger partial charge in [-0.15, -0.1) is 0 Å². The lowest BCUT2D eigenvalue weighted by Gasteiger charge is -2.08. The Balaban J connectivity index is 2.02. The molecule has 3 rings (SSSR count). The first-order valence-electron chi connectivity index (χ1n) is 6.29. The molecule has 1 N–H and O–H groups in total. The average molecular weight is 249 g/mol. The SMILES string of the molecule is Cc1cccc(Nc2cc(C)c3ccccc3n2)n1. The first-order chi connectivity index (χ1) is 9.22. The topological polar surface area (TPSA) is 37.8 Å². The number of benzene rings is 1. The van der Waals surface area contributed by atoms with E-state index in [9.17, 15) is 0 Å². The minimum atomic E-state index is 0.821. The number of aryl methyl sites for hydroxylation is 2. The zero-order chi connectivity index (χ0) is 13.2. The number of nitrogens with one attached hydrogen (secondary N) is 1. The second-order valence-corrected chi connectivity index (χ2v) is 4.63. The second kappa shape index (κ2) is 4.69. The average Bonchev–Trinajstić information content (AvgIpc) is 2.39. The van der Waals surface area contributed by atoms with Crippen LogP contribution >= 0.6 is 0 Å². The Morgan fingerprint density at radius 2 is 1.68 bits per heavy atom. The molecule has 0 fully saturated rings. The molecule has 0 amide bonds. The molecule has 1 aromatic carbocycles. The Bertz CT molecular complexity index is 735. The molecule has 3 nitrogen and oxygen atoms in total. The summed E-state index contributed by atoms with van der Waals surface area (Å²) in [5.74, 6) is 1.65. The van der Waals surface area contributed by atoms with E-state index in [1.165, 1.54) is 10.9 Å². The summed E-state index contributed by atoms with van der Waals surface area (Å²) >= 11 is 0. The van der Waals surface area contributed by atoms with Crippen molar-refractivity contribution in [3.63, 3.8) is 0 Å². The molecule has 0 aliphatic heterocycles. The summed E-state index contributed by atoms with van der Waals surface area (Å²) in [6, 6.07) is 16.1. The van der Waals surface area contributed by atoms with Crippen molar-refractivity contribution in [1.29, 1.82) is 0 Å². The number of anilines is 2. The summed E-state index contributed by atoms with van der Waals surface area (Å²) in [6.45, 7) is 4.07. The predicted molar refractivity (Wildman–Crippen MR) is 78.7 cm³/mol. The molecule has 0 radical (unpaired) electrons. The third-order valence-corrected chi connectivity index (χ3v) is 3.07. The zero-order valence-electron chi connectivity index (χ0n) is 11.0. The maximum Gasteiger partial charge on any atom is 0.132 e. The van der Waals surface area contributed by atoms with Crippen molar-refractivity contribution in [3.8, 4) is 0 Å². The van der Waals surface area contributed by atoms with E-state index in [-0.39, 0.29) is 0 Å². The third kappa shape index (κ3) is 2.40. The Kier molecular flexibility index (Phi) is 2.88. The smallest absolute Gasteiger partial charge is 0.132 e. The summed E-state index contributed by atoms with van der Waals surface area (Å²) in [6.07, 6.45) is 0. The lowest BCUT2D eigenvalue weighted by Crippen LogP contribution is -1.98. The van der Waals surface area contributed by atoms with Crippen LogP contribution in [0.3, 0.4) is 0 Å². The Morgan fingerprint density at radius 1 is 0.842 bits per heavy atom. The number of pyridine rings is 2. The van der Waals surface area contributed by atoms with Gasteiger partial charge in [0.1, 0.15) is 11.6 Å². The van der Waals surface area contributed by atoms with Gasteiger partial charge < -0.3 is 5.32 Å². The fourth-order valence-electron chi connectivity index (χ4n) is 2.16. The van der Waals surface area contributed by atoms with Crippen LogP contribution in [0, 0.1) is 13.8 Å². The standard InChI is InChI=1S/C16H15N3/c1-11-10-16(18-14-8-4-3-7-13(11)14)19-15-9-5-6-12(2)17-15/h3-10H,1-2H3,(H,17,18,19). The van der Waals surface area contributed by atoms with Gasteiger partial charge in [0.2, 0.25) is 0 Å². The number of nitrogens with zero attached hydrogens (tertiary/aromatic N) is 2. The number of hydrogen-bond donors (Lipinski definition) is 1. The normalized spacial score (nSPS) is 10.6. The van der Waals surface area contributed by atoms with Gasteiger partial charge in [-0.2, -0.15) is 0 Å². The number of para-hydroxylation sites is 1. The fraction of sp³-hybridized carbons (Fsp3) is 0.125. The fourth-order valence-corrected chi connectivity index (χ4v) is 2.16. The van der Waals surface area contributed by atoms with Crippen LogP contribution < -0.4 is 5.32 Å². The molecule has 0 bridgehead atoms. The van der Waals surface area contributed by atoms with Gasteiger partial charge in [0, 0.05) is 11.1 Å².